The van der Waals surface area contributed by atoms with Crippen LogP contribution in [0, 0.1) is 0 Å². The van der Waals surface area contributed by atoms with E-state index in [2.05, 4.69) is 5.32 Å². The average molecular weight is 176 g/mol. The lowest BCUT2D eigenvalue weighted by Gasteiger charge is -2.24. The zero-order valence-corrected chi connectivity index (χ0v) is 7.26. The van der Waals surface area contributed by atoms with Gasteiger partial charge in [-0.15, -0.1) is 0 Å². The molecule has 2 fully saturated rings. The fraction of sp³-hybridized carbons (Fsp3) is 1.00. The van der Waals surface area contributed by atoms with Gasteiger partial charge in [-0.1, -0.05) is 0 Å². The van der Waals surface area contributed by atoms with E-state index < -0.39 is 10.0 Å². The number of rotatable bonds is 1. The molecule has 2 rings (SSSR count). The van der Waals surface area contributed by atoms with Crippen LogP contribution in [0.15, 0.2) is 0 Å². The third kappa shape index (κ3) is 1.17. The first-order valence-electron chi connectivity index (χ1n) is 3.77. The first-order valence-corrected chi connectivity index (χ1v) is 5.62. The molecular weight excluding hydrogens is 164 g/mol. The summed E-state index contributed by atoms with van der Waals surface area (Å²) in [6.45, 7) is 1.50. The topological polar surface area (TPSA) is 49.4 Å². The van der Waals surface area contributed by atoms with E-state index in [0.717, 1.165) is 13.0 Å². The second-order valence-electron chi connectivity index (χ2n) is 3.33. The minimum absolute atomic E-state index is 0.231. The normalized spacial score (nSPS) is 38.3. The van der Waals surface area contributed by atoms with E-state index in [0.29, 0.717) is 12.6 Å². The Morgan fingerprint density at radius 1 is 1.55 bits per heavy atom. The lowest BCUT2D eigenvalue weighted by Crippen LogP contribution is -2.45. The van der Waals surface area contributed by atoms with Crippen molar-refractivity contribution >= 4 is 10.0 Å². The molecule has 2 aliphatic rings. The standard InChI is InChI=1S/C6H12N2O2S/c1-11(9,10)8-4-5-2-6(8)3-7-5/h5-7H,2-4H2,1H3/t5-,6-/m0/s1. The molecule has 0 amide bonds. The quantitative estimate of drug-likeness (QED) is 0.557. The van der Waals surface area contributed by atoms with Gasteiger partial charge in [-0.2, -0.15) is 4.31 Å². The van der Waals surface area contributed by atoms with Crippen molar-refractivity contribution in [2.75, 3.05) is 19.3 Å². The molecule has 2 atom stereocenters. The molecule has 4 nitrogen and oxygen atoms in total. The maximum absolute atomic E-state index is 11.1. The lowest BCUT2D eigenvalue weighted by molar-refractivity contribution is 0.351. The van der Waals surface area contributed by atoms with Crippen molar-refractivity contribution in [2.45, 2.75) is 18.5 Å². The van der Waals surface area contributed by atoms with Crippen molar-refractivity contribution < 1.29 is 8.42 Å². The molecule has 0 radical (unpaired) electrons. The number of sulfonamides is 1. The first-order chi connectivity index (χ1) is 5.07. The Bertz CT molecular complexity index is 262. The van der Waals surface area contributed by atoms with E-state index >= 15 is 0 Å². The van der Waals surface area contributed by atoms with Gasteiger partial charge in [0.1, 0.15) is 0 Å². The molecule has 0 saturated carbocycles. The summed E-state index contributed by atoms with van der Waals surface area (Å²) in [6, 6.07) is 0.643. The minimum atomic E-state index is -2.94. The summed E-state index contributed by atoms with van der Waals surface area (Å²) in [5.74, 6) is 0. The Balaban J connectivity index is 2.21. The first kappa shape index (κ1) is 7.52. The lowest BCUT2D eigenvalue weighted by atomic mass is 10.2. The van der Waals surface area contributed by atoms with Crippen LogP contribution in [0.4, 0.5) is 0 Å². The molecule has 2 aliphatic heterocycles. The molecule has 2 heterocycles. The molecule has 0 spiro atoms. The Morgan fingerprint density at radius 2 is 2.27 bits per heavy atom. The summed E-state index contributed by atoms with van der Waals surface area (Å²) in [5.41, 5.74) is 0. The maximum Gasteiger partial charge on any atom is 0.211 e. The van der Waals surface area contributed by atoms with Crippen LogP contribution in [0.25, 0.3) is 0 Å². The van der Waals surface area contributed by atoms with Gasteiger partial charge in [0.15, 0.2) is 0 Å². The van der Waals surface area contributed by atoms with Gasteiger partial charge in [0.05, 0.1) is 6.26 Å². The van der Waals surface area contributed by atoms with Crippen molar-refractivity contribution in [1.29, 1.82) is 0 Å². The van der Waals surface area contributed by atoms with Crippen LogP contribution < -0.4 is 5.32 Å². The molecule has 64 valence electrons. The van der Waals surface area contributed by atoms with E-state index in [9.17, 15) is 8.42 Å². The highest BCUT2D eigenvalue weighted by molar-refractivity contribution is 7.88. The fourth-order valence-electron chi connectivity index (χ4n) is 1.93. The highest BCUT2D eigenvalue weighted by Crippen LogP contribution is 2.25. The van der Waals surface area contributed by atoms with E-state index in [4.69, 9.17) is 0 Å². The summed E-state index contributed by atoms with van der Waals surface area (Å²) in [6.07, 6.45) is 2.28. The Kier molecular flexibility index (Phi) is 1.49. The van der Waals surface area contributed by atoms with E-state index in [1.54, 1.807) is 4.31 Å². The van der Waals surface area contributed by atoms with Gasteiger partial charge < -0.3 is 5.32 Å². The molecule has 2 bridgehead atoms. The van der Waals surface area contributed by atoms with E-state index in [1.807, 2.05) is 0 Å². The number of hydrogen-bond acceptors (Lipinski definition) is 3. The summed E-state index contributed by atoms with van der Waals surface area (Å²) in [4.78, 5) is 0. The molecule has 0 unspecified atom stereocenters. The zero-order valence-electron chi connectivity index (χ0n) is 6.45. The average Bonchev–Trinajstić information content (AvgIpc) is 2.42. The Morgan fingerprint density at radius 3 is 2.55 bits per heavy atom. The second kappa shape index (κ2) is 2.18. The fourth-order valence-corrected chi connectivity index (χ4v) is 3.08. The van der Waals surface area contributed by atoms with Crippen LogP contribution in [0.1, 0.15) is 6.42 Å². The SMILES string of the molecule is CS(=O)(=O)N1C[C@@H]2C[C@H]1CN2. The van der Waals surface area contributed by atoms with Crippen LogP contribution in [-0.4, -0.2) is 44.2 Å². The monoisotopic (exact) mass is 176 g/mol. The van der Waals surface area contributed by atoms with Crippen LogP contribution >= 0.6 is 0 Å². The highest BCUT2D eigenvalue weighted by atomic mass is 32.2. The highest BCUT2D eigenvalue weighted by Gasteiger charge is 2.41. The number of piperazine rings is 1. The number of hydrogen-bond donors (Lipinski definition) is 1. The zero-order chi connectivity index (χ0) is 8.06. The number of nitrogens with one attached hydrogen (secondary N) is 1. The van der Waals surface area contributed by atoms with Gasteiger partial charge >= 0.3 is 0 Å². The number of nitrogens with zero attached hydrogens (tertiary/aromatic N) is 1. The van der Waals surface area contributed by atoms with Gasteiger partial charge in [-0.25, -0.2) is 8.42 Å². The predicted molar refractivity (Wildman–Crippen MR) is 41.7 cm³/mol. The third-order valence-corrected chi connectivity index (χ3v) is 3.73. The van der Waals surface area contributed by atoms with E-state index in [1.165, 1.54) is 6.26 Å². The minimum Gasteiger partial charge on any atom is -0.311 e. The molecular formula is C6H12N2O2S. The van der Waals surface area contributed by atoms with Crippen molar-refractivity contribution in [3.63, 3.8) is 0 Å². The van der Waals surface area contributed by atoms with Crippen LogP contribution in [0.3, 0.4) is 0 Å². The van der Waals surface area contributed by atoms with Crippen molar-refractivity contribution in [2.24, 2.45) is 0 Å². The summed E-state index contributed by atoms with van der Waals surface area (Å²) in [5, 5.41) is 3.25. The molecule has 0 aromatic heterocycles. The van der Waals surface area contributed by atoms with Gasteiger partial charge in [-0.3, -0.25) is 0 Å². The Hall–Kier alpha value is -0.130. The molecule has 1 N–H and O–H groups in total. The maximum atomic E-state index is 11.1. The third-order valence-electron chi connectivity index (χ3n) is 2.43. The molecule has 11 heavy (non-hydrogen) atoms. The smallest absolute Gasteiger partial charge is 0.211 e. The van der Waals surface area contributed by atoms with Crippen molar-refractivity contribution in [3.8, 4) is 0 Å². The summed E-state index contributed by atoms with van der Waals surface area (Å²) < 4.78 is 23.8. The molecule has 5 heteroatoms. The van der Waals surface area contributed by atoms with Gasteiger partial charge in [0.25, 0.3) is 0 Å². The molecule has 0 aliphatic carbocycles. The van der Waals surface area contributed by atoms with Crippen LogP contribution in [-0.2, 0) is 10.0 Å². The van der Waals surface area contributed by atoms with Gasteiger partial charge in [0, 0.05) is 25.2 Å². The molecule has 2 saturated heterocycles. The summed E-state index contributed by atoms with van der Waals surface area (Å²) >= 11 is 0. The van der Waals surface area contributed by atoms with Crippen LogP contribution in [0.5, 0.6) is 0 Å². The van der Waals surface area contributed by atoms with Crippen molar-refractivity contribution in [1.82, 2.24) is 9.62 Å². The predicted octanol–water partition coefficient (Wildman–Crippen LogP) is -1.01. The van der Waals surface area contributed by atoms with Gasteiger partial charge in [0.2, 0.25) is 10.0 Å². The summed E-state index contributed by atoms with van der Waals surface area (Å²) in [7, 11) is -2.94. The van der Waals surface area contributed by atoms with E-state index in [-0.39, 0.29) is 6.04 Å². The van der Waals surface area contributed by atoms with Gasteiger partial charge in [-0.05, 0) is 6.42 Å². The second-order valence-corrected chi connectivity index (χ2v) is 5.26. The Labute approximate surface area is 66.6 Å². The number of fused-ring (bicyclic) bond motifs is 2. The largest absolute Gasteiger partial charge is 0.311 e. The van der Waals surface area contributed by atoms with Crippen LogP contribution in [0.2, 0.25) is 0 Å². The van der Waals surface area contributed by atoms with Crippen molar-refractivity contribution in [3.05, 3.63) is 0 Å². The molecule has 0 aromatic rings. The molecule has 0 aromatic carbocycles.